The van der Waals surface area contributed by atoms with Crippen molar-refractivity contribution in [3.8, 4) is 0 Å². The average molecular weight is 295 g/mol. The van der Waals surface area contributed by atoms with Gasteiger partial charge in [-0.15, -0.1) is 0 Å². The molecule has 0 aliphatic carbocycles. The zero-order valence-corrected chi connectivity index (χ0v) is 11.3. The maximum absolute atomic E-state index is 12.3. The van der Waals surface area contributed by atoms with E-state index < -0.39 is 16.7 Å². The lowest BCUT2D eigenvalue weighted by Gasteiger charge is -2.24. The van der Waals surface area contributed by atoms with Gasteiger partial charge < -0.3 is 0 Å². The van der Waals surface area contributed by atoms with Gasteiger partial charge >= 0.3 is 12.2 Å². The van der Waals surface area contributed by atoms with Crippen molar-refractivity contribution < 1.29 is 23.7 Å². The fourth-order valence-corrected chi connectivity index (χ4v) is 2.03. The summed E-state index contributed by atoms with van der Waals surface area (Å²) in [6.07, 6.45) is 2.57. The fraction of sp³-hybridized carbons (Fsp3) is 0.545. The summed E-state index contributed by atoms with van der Waals surface area (Å²) >= 11 is 0. The number of imide groups is 1. The van der Waals surface area contributed by atoms with Crippen molar-refractivity contribution in [2.75, 3.05) is 39.3 Å². The molecule has 3 heterocycles. The number of rotatable bonds is 2. The van der Waals surface area contributed by atoms with Gasteiger partial charge in [0.15, 0.2) is 0 Å². The number of aliphatic imine (C=N–C) groups is 3. The van der Waals surface area contributed by atoms with E-state index in [1.807, 2.05) is 0 Å². The summed E-state index contributed by atoms with van der Waals surface area (Å²) in [4.78, 5) is 46.8. The lowest BCUT2D eigenvalue weighted by atomic mass is 10.5. The maximum Gasteiger partial charge on any atom is 0.557 e. The van der Waals surface area contributed by atoms with Gasteiger partial charge in [-0.1, -0.05) is 4.48 Å². The summed E-state index contributed by atoms with van der Waals surface area (Å²) in [5.41, 5.74) is 0. The quantitative estimate of drug-likeness (QED) is 0.645. The third kappa shape index (κ3) is 2.57. The normalized spacial score (nSPS) is 22.1. The Balaban J connectivity index is 1.70. The molecule has 0 spiro atoms. The maximum atomic E-state index is 12.3. The summed E-state index contributed by atoms with van der Waals surface area (Å²) in [6, 6.07) is 0. The molecular weight excluding hydrogens is 280 g/mol. The molecule has 0 bridgehead atoms. The van der Waals surface area contributed by atoms with Crippen LogP contribution in [0.1, 0.15) is 0 Å². The van der Waals surface area contributed by atoms with Gasteiger partial charge in [-0.3, -0.25) is 19.7 Å². The molecule has 10 heteroatoms. The van der Waals surface area contributed by atoms with Crippen molar-refractivity contribution in [2.45, 2.75) is 0 Å². The molecule has 0 fully saturated rings. The first-order valence-corrected chi connectivity index (χ1v) is 6.58. The topological polar surface area (TPSA) is 96.2 Å². The molecule has 0 saturated heterocycles. The Morgan fingerprint density at radius 2 is 1.48 bits per heavy atom. The van der Waals surface area contributed by atoms with Gasteiger partial charge in [0.1, 0.15) is 19.2 Å². The number of nitrogens with zero attached hydrogens (tertiary/aromatic N) is 6. The number of carbonyl (C=O) groups excluding carboxylic acids is 2. The molecule has 0 saturated carbocycles. The highest BCUT2D eigenvalue weighted by molar-refractivity contribution is 5.87. The smallest absolute Gasteiger partial charge is 0.289 e. The Hall–Kier alpha value is -2.49. The molecule has 21 heavy (non-hydrogen) atoms. The second-order valence-electron chi connectivity index (χ2n) is 4.65. The third-order valence-electron chi connectivity index (χ3n) is 3.22. The minimum absolute atomic E-state index is 0.174. The van der Waals surface area contributed by atoms with Gasteiger partial charge in [0.05, 0.1) is 32.7 Å². The summed E-state index contributed by atoms with van der Waals surface area (Å²) < 4.78 is -0.728. The Morgan fingerprint density at radius 3 is 1.86 bits per heavy atom. The molecule has 3 aliphatic rings. The lowest BCUT2D eigenvalue weighted by molar-refractivity contribution is -0.683. The number of carbonyl (C=O) groups is 2. The molecule has 0 N–H and O–H groups in total. The van der Waals surface area contributed by atoms with Crippen LogP contribution in [0.5, 0.6) is 0 Å². The minimum atomic E-state index is -0.759. The highest BCUT2D eigenvalue weighted by atomic mass is 16.8. The van der Waals surface area contributed by atoms with Crippen LogP contribution in [0.4, 0.5) is 9.59 Å². The standard InChI is InChI=1S/C11H15N6O4/c18-10(20-15-4-1-12-7-15)17(6-3-14-9-17)11(19)21-16-5-2-13-8-16/h7-9H,1-6H2/q+1. The average Bonchev–Trinajstić information content (AvgIpc) is 3.21. The first-order chi connectivity index (χ1) is 10.2. The van der Waals surface area contributed by atoms with Crippen LogP contribution in [-0.2, 0) is 9.68 Å². The van der Waals surface area contributed by atoms with Crippen LogP contribution >= 0.6 is 0 Å². The second-order valence-corrected chi connectivity index (χ2v) is 4.65. The van der Waals surface area contributed by atoms with Gasteiger partial charge in [-0.05, 0) is 0 Å². The molecule has 0 aromatic carbocycles. The molecule has 2 amide bonds. The third-order valence-corrected chi connectivity index (χ3v) is 3.22. The van der Waals surface area contributed by atoms with E-state index in [2.05, 4.69) is 15.0 Å². The monoisotopic (exact) mass is 295 g/mol. The van der Waals surface area contributed by atoms with Crippen molar-refractivity contribution in [3.63, 3.8) is 0 Å². The van der Waals surface area contributed by atoms with E-state index in [1.54, 1.807) is 0 Å². The second kappa shape index (κ2) is 5.48. The Labute approximate surface area is 120 Å². The Morgan fingerprint density at radius 1 is 0.905 bits per heavy atom. The van der Waals surface area contributed by atoms with Crippen LogP contribution < -0.4 is 0 Å². The molecule has 3 rings (SSSR count). The first-order valence-electron chi connectivity index (χ1n) is 6.58. The predicted octanol–water partition coefficient (Wildman–Crippen LogP) is -0.364. The largest absolute Gasteiger partial charge is 0.557 e. The highest BCUT2D eigenvalue weighted by Gasteiger charge is 2.52. The van der Waals surface area contributed by atoms with E-state index in [0.717, 1.165) is 0 Å². The summed E-state index contributed by atoms with van der Waals surface area (Å²) in [5.74, 6) is 0. The summed E-state index contributed by atoms with van der Waals surface area (Å²) in [7, 11) is 0. The van der Waals surface area contributed by atoms with Crippen molar-refractivity contribution in [1.82, 2.24) is 10.1 Å². The van der Waals surface area contributed by atoms with E-state index in [-0.39, 0.29) is 6.54 Å². The van der Waals surface area contributed by atoms with E-state index in [0.29, 0.717) is 32.7 Å². The van der Waals surface area contributed by atoms with Gasteiger partial charge in [0, 0.05) is 0 Å². The molecule has 0 aromatic rings. The Bertz CT molecular complexity index is 495. The molecule has 112 valence electrons. The van der Waals surface area contributed by atoms with Gasteiger partial charge in [-0.25, -0.2) is 4.99 Å². The summed E-state index contributed by atoms with van der Waals surface area (Å²) in [6.45, 7) is 2.57. The molecule has 10 nitrogen and oxygen atoms in total. The number of hydrogen-bond donors (Lipinski definition) is 0. The lowest BCUT2D eigenvalue weighted by Crippen LogP contribution is -2.57. The van der Waals surface area contributed by atoms with Crippen molar-refractivity contribution in [3.05, 3.63) is 0 Å². The van der Waals surface area contributed by atoms with Crippen LogP contribution in [0.15, 0.2) is 15.0 Å². The zero-order chi connectivity index (χ0) is 14.7. The van der Waals surface area contributed by atoms with E-state index in [1.165, 1.54) is 29.1 Å². The highest BCUT2D eigenvalue weighted by Crippen LogP contribution is 2.17. The molecule has 0 radical (unpaired) electrons. The predicted molar refractivity (Wildman–Crippen MR) is 71.6 cm³/mol. The number of hydrogen-bond acceptors (Lipinski definition) is 9. The number of hydroxylamine groups is 4. The van der Waals surface area contributed by atoms with Crippen LogP contribution in [0.3, 0.4) is 0 Å². The number of quaternary nitrogens is 1. The SMILES string of the molecule is O=C(ON1C=NCC1)[N+]1(C(=O)ON2C=NCC2)C=NCC1. The molecule has 0 atom stereocenters. The minimum Gasteiger partial charge on any atom is -0.289 e. The summed E-state index contributed by atoms with van der Waals surface area (Å²) in [5, 5.41) is 2.58. The van der Waals surface area contributed by atoms with Crippen LogP contribution in [0.25, 0.3) is 0 Å². The molecule has 3 aliphatic heterocycles. The van der Waals surface area contributed by atoms with Crippen molar-refractivity contribution in [1.29, 1.82) is 0 Å². The number of amides is 2. The van der Waals surface area contributed by atoms with Crippen molar-refractivity contribution >= 4 is 31.2 Å². The van der Waals surface area contributed by atoms with Gasteiger partial charge in [0.25, 0.3) is 0 Å². The zero-order valence-electron chi connectivity index (χ0n) is 11.3. The van der Waals surface area contributed by atoms with Crippen molar-refractivity contribution in [2.24, 2.45) is 15.0 Å². The van der Waals surface area contributed by atoms with Gasteiger partial charge in [0.2, 0.25) is 6.34 Å². The molecule has 0 unspecified atom stereocenters. The van der Waals surface area contributed by atoms with Gasteiger partial charge in [-0.2, -0.15) is 19.7 Å². The molecular formula is C11H15N6O4+. The van der Waals surface area contributed by atoms with E-state index in [9.17, 15) is 9.59 Å². The van der Waals surface area contributed by atoms with Crippen LogP contribution in [0, 0.1) is 0 Å². The van der Waals surface area contributed by atoms with E-state index in [4.69, 9.17) is 9.68 Å². The van der Waals surface area contributed by atoms with Crippen LogP contribution in [0.2, 0.25) is 0 Å². The fourth-order valence-electron chi connectivity index (χ4n) is 2.03. The first kappa shape index (κ1) is 13.5. The van der Waals surface area contributed by atoms with E-state index >= 15 is 0 Å². The van der Waals surface area contributed by atoms with Crippen LogP contribution in [-0.4, -0.2) is 85.1 Å². The molecule has 0 aromatic heterocycles. The Kier molecular flexibility index (Phi) is 3.52.